The number of aromatic nitrogens is 5. The van der Waals surface area contributed by atoms with Crippen LogP contribution in [0.2, 0.25) is 0 Å². The molecule has 0 spiro atoms. The van der Waals surface area contributed by atoms with Crippen LogP contribution in [0.5, 0.6) is 0 Å². The second kappa shape index (κ2) is 3.58. The maximum atomic E-state index is 13.3. The van der Waals surface area contributed by atoms with E-state index in [9.17, 15) is 4.39 Å². The topological polar surface area (TPSA) is 105 Å². The maximum absolute atomic E-state index is 13.3. The van der Waals surface area contributed by atoms with Crippen molar-refractivity contribution in [2.45, 2.75) is 6.92 Å². The highest BCUT2D eigenvalue weighted by Crippen LogP contribution is 2.16. The van der Waals surface area contributed by atoms with Crippen LogP contribution in [-0.4, -0.2) is 25.1 Å². The number of nitrogens with two attached hydrogens (primary N) is 1. The number of rotatable bonds is 2. The van der Waals surface area contributed by atoms with Crippen molar-refractivity contribution in [3.8, 4) is 11.6 Å². The standard InChI is InChI=1S/C7H8FN7/c1-3-4(8)5(14-9)13-7(12-3)6-10-2-11-15-6/h2H,9H2,1H3,(H,10,11,15)(H,12,13,14). The van der Waals surface area contributed by atoms with Crippen LogP contribution in [-0.2, 0) is 0 Å². The molecule has 0 aliphatic carbocycles. The first-order valence-corrected chi connectivity index (χ1v) is 4.09. The number of hydrogen-bond donors (Lipinski definition) is 3. The van der Waals surface area contributed by atoms with Crippen molar-refractivity contribution in [1.29, 1.82) is 0 Å². The number of anilines is 1. The predicted octanol–water partition coefficient (Wildman–Crippen LogP) is -0.00518. The largest absolute Gasteiger partial charge is 0.306 e. The summed E-state index contributed by atoms with van der Waals surface area (Å²) in [6.45, 7) is 1.51. The van der Waals surface area contributed by atoms with Crippen LogP contribution in [0.25, 0.3) is 11.6 Å². The van der Waals surface area contributed by atoms with Crippen molar-refractivity contribution in [3.05, 3.63) is 17.8 Å². The molecular formula is C7H8FN7. The summed E-state index contributed by atoms with van der Waals surface area (Å²) in [7, 11) is 0. The van der Waals surface area contributed by atoms with Crippen molar-refractivity contribution in [2.24, 2.45) is 5.84 Å². The van der Waals surface area contributed by atoms with E-state index in [-0.39, 0.29) is 17.3 Å². The lowest BCUT2D eigenvalue weighted by molar-refractivity contribution is 0.606. The third-order valence-electron chi connectivity index (χ3n) is 1.78. The van der Waals surface area contributed by atoms with Crippen LogP contribution >= 0.6 is 0 Å². The number of halogens is 1. The summed E-state index contributed by atoms with van der Waals surface area (Å²) < 4.78 is 13.3. The summed E-state index contributed by atoms with van der Waals surface area (Å²) in [4.78, 5) is 11.6. The lowest BCUT2D eigenvalue weighted by atomic mass is 10.4. The molecule has 0 fully saturated rings. The molecular weight excluding hydrogens is 201 g/mol. The molecule has 2 heterocycles. The van der Waals surface area contributed by atoms with Gasteiger partial charge in [0.1, 0.15) is 6.33 Å². The fourth-order valence-corrected chi connectivity index (χ4v) is 1.07. The molecule has 15 heavy (non-hydrogen) atoms. The van der Waals surface area contributed by atoms with Gasteiger partial charge in [-0.3, -0.25) is 5.10 Å². The van der Waals surface area contributed by atoms with Gasteiger partial charge in [0.2, 0.25) is 0 Å². The van der Waals surface area contributed by atoms with Gasteiger partial charge in [0.15, 0.2) is 23.3 Å². The first-order valence-electron chi connectivity index (χ1n) is 4.09. The van der Waals surface area contributed by atoms with Crippen LogP contribution < -0.4 is 11.3 Å². The monoisotopic (exact) mass is 209 g/mol. The van der Waals surface area contributed by atoms with Gasteiger partial charge >= 0.3 is 0 Å². The second-order valence-corrected chi connectivity index (χ2v) is 2.77. The Labute approximate surface area is 83.9 Å². The highest BCUT2D eigenvalue weighted by Gasteiger charge is 2.12. The van der Waals surface area contributed by atoms with E-state index < -0.39 is 5.82 Å². The van der Waals surface area contributed by atoms with Crippen molar-refractivity contribution in [1.82, 2.24) is 25.1 Å². The minimum Gasteiger partial charge on any atom is -0.306 e. The Kier molecular flexibility index (Phi) is 2.26. The summed E-state index contributed by atoms with van der Waals surface area (Å²) >= 11 is 0. The summed E-state index contributed by atoms with van der Waals surface area (Å²) in [6.07, 6.45) is 1.31. The molecule has 0 atom stereocenters. The minimum absolute atomic E-state index is 0.0751. The zero-order valence-electron chi connectivity index (χ0n) is 7.82. The normalized spacial score (nSPS) is 10.3. The number of H-pyrrole nitrogens is 1. The van der Waals surface area contributed by atoms with Gasteiger partial charge in [0, 0.05) is 0 Å². The fourth-order valence-electron chi connectivity index (χ4n) is 1.07. The third kappa shape index (κ3) is 1.62. The molecule has 0 saturated heterocycles. The molecule has 7 nitrogen and oxygen atoms in total. The van der Waals surface area contributed by atoms with Crippen LogP contribution in [0.3, 0.4) is 0 Å². The van der Waals surface area contributed by atoms with E-state index in [2.05, 4.69) is 30.6 Å². The van der Waals surface area contributed by atoms with Gasteiger partial charge < -0.3 is 5.43 Å². The highest BCUT2D eigenvalue weighted by molar-refractivity contribution is 5.48. The smallest absolute Gasteiger partial charge is 0.199 e. The molecule has 8 heteroatoms. The molecule has 2 rings (SSSR count). The van der Waals surface area contributed by atoms with E-state index in [0.717, 1.165) is 0 Å². The molecule has 0 radical (unpaired) electrons. The lowest BCUT2D eigenvalue weighted by Crippen LogP contribution is -2.13. The number of nitrogen functional groups attached to an aromatic ring is 1. The van der Waals surface area contributed by atoms with E-state index in [4.69, 9.17) is 5.84 Å². The minimum atomic E-state index is -0.583. The van der Waals surface area contributed by atoms with E-state index >= 15 is 0 Å². The molecule has 0 aliphatic heterocycles. The Balaban J connectivity index is 2.55. The molecule has 78 valence electrons. The number of nitrogens with zero attached hydrogens (tertiary/aromatic N) is 4. The van der Waals surface area contributed by atoms with E-state index in [1.54, 1.807) is 0 Å². The number of hydrazine groups is 1. The Morgan fingerprint density at radius 3 is 2.87 bits per heavy atom. The summed E-state index contributed by atoms with van der Waals surface area (Å²) in [5, 5.41) is 6.22. The number of nitrogens with one attached hydrogen (secondary N) is 2. The lowest BCUT2D eigenvalue weighted by Gasteiger charge is -2.04. The van der Waals surface area contributed by atoms with Gasteiger partial charge in [-0.25, -0.2) is 25.2 Å². The van der Waals surface area contributed by atoms with Crippen molar-refractivity contribution in [3.63, 3.8) is 0 Å². The molecule has 0 saturated carbocycles. The van der Waals surface area contributed by atoms with E-state index in [0.29, 0.717) is 5.82 Å². The van der Waals surface area contributed by atoms with Crippen LogP contribution in [0.15, 0.2) is 6.33 Å². The van der Waals surface area contributed by atoms with Gasteiger partial charge in [0.25, 0.3) is 0 Å². The molecule has 2 aromatic rings. The van der Waals surface area contributed by atoms with Crippen LogP contribution in [0.4, 0.5) is 10.2 Å². The fraction of sp³-hybridized carbons (Fsp3) is 0.143. The zero-order chi connectivity index (χ0) is 10.8. The average Bonchev–Trinajstić information content (AvgIpc) is 2.75. The Hall–Kier alpha value is -2.09. The maximum Gasteiger partial charge on any atom is 0.199 e. The third-order valence-corrected chi connectivity index (χ3v) is 1.78. The molecule has 0 amide bonds. The van der Waals surface area contributed by atoms with Gasteiger partial charge in [-0.05, 0) is 6.92 Å². The van der Waals surface area contributed by atoms with Crippen molar-refractivity contribution < 1.29 is 4.39 Å². The van der Waals surface area contributed by atoms with Crippen molar-refractivity contribution in [2.75, 3.05) is 5.43 Å². The van der Waals surface area contributed by atoms with Gasteiger partial charge in [-0.1, -0.05) is 0 Å². The average molecular weight is 209 g/mol. The van der Waals surface area contributed by atoms with E-state index in [1.807, 2.05) is 0 Å². The Bertz CT molecular complexity index is 466. The molecule has 0 unspecified atom stereocenters. The Morgan fingerprint density at radius 1 is 1.47 bits per heavy atom. The number of aromatic amines is 1. The molecule has 0 aliphatic rings. The summed E-state index contributed by atoms with van der Waals surface area (Å²) in [6, 6.07) is 0. The Morgan fingerprint density at radius 2 is 2.27 bits per heavy atom. The molecule has 0 aromatic carbocycles. The van der Waals surface area contributed by atoms with Crippen LogP contribution in [0.1, 0.15) is 5.69 Å². The zero-order valence-corrected chi connectivity index (χ0v) is 7.82. The highest BCUT2D eigenvalue weighted by atomic mass is 19.1. The molecule has 4 N–H and O–H groups in total. The summed E-state index contributed by atoms with van der Waals surface area (Å²) in [5.41, 5.74) is 2.33. The van der Waals surface area contributed by atoms with Gasteiger partial charge in [0.05, 0.1) is 5.69 Å². The summed E-state index contributed by atoms with van der Waals surface area (Å²) in [5.74, 6) is 5.05. The predicted molar refractivity (Wildman–Crippen MR) is 49.9 cm³/mol. The number of aryl methyl sites for hydroxylation is 1. The SMILES string of the molecule is Cc1nc(-c2ncn[nH]2)nc(NN)c1F. The first kappa shape index (κ1) is 9.46. The second-order valence-electron chi connectivity index (χ2n) is 2.77. The molecule has 0 bridgehead atoms. The quantitative estimate of drug-likeness (QED) is 0.474. The first-order chi connectivity index (χ1) is 7.22. The van der Waals surface area contributed by atoms with E-state index in [1.165, 1.54) is 13.3 Å². The van der Waals surface area contributed by atoms with Gasteiger partial charge in [-0.2, -0.15) is 5.10 Å². The molecule has 2 aromatic heterocycles. The van der Waals surface area contributed by atoms with Crippen LogP contribution in [0, 0.1) is 12.7 Å². The van der Waals surface area contributed by atoms with Gasteiger partial charge in [-0.15, -0.1) is 0 Å². The van der Waals surface area contributed by atoms with Crippen molar-refractivity contribution >= 4 is 5.82 Å². The number of hydrogen-bond acceptors (Lipinski definition) is 6.